The van der Waals surface area contributed by atoms with Crippen LogP contribution in [0.25, 0.3) is 0 Å². The molecule has 92 valence electrons. The number of β-amino-alcohol motifs (C(OH)–C–C–N with tert-alkyl or cyclic N) is 1. The van der Waals surface area contributed by atoms with Crippen LogP contribution in [0.15, 0.2) is 22.7 Å². The van der Waals surface area contributed by atoms with Crippen molar-refractivity contribution in [3.63, 3.8) is 0 Å². The van der Waals surface area contributed by atoms with Gasteiger partial charge in [-0.2, -0.15) is 0 Å². The van der Waals surface area contributed by atoms with Gasteiger partial charge in [0.15, 0.2) is 0 Å². The van der Waals surface area contributed by atoms with Gasteiger partial charge in [0, 0.05) is 10.0 Å². The molecule has 1 saturated heterocycles. The molecule has 0 bridgehead atoms. The summed E-state index contributed by atoms with van der Waals surface area (Å²) in [6, 6.07) is 5.56. The lowest BCUT2D eigenvalue weighted by Crippen LogP contribution is -2.63. The summed E-state index contributed by atoms with van der Waals surface area (Å²) in [7, 11) is 0. The Morgan fingerprint density at radius 3 is 2.71 bits per heavy atom. The Morgan fingerprint density at radius 1 is 1.53 bits per heavy atom. The van der Waals surface area contributed by atoms with E-state index in [4.69, 9.17) is 0 Å². The van der Waals surface area contributed by atoms with Gasteiger partial charge >= 0.3 is 0 Å². The van der Waals surface area contributed by atoms with Gasteiger partial charge in [-0.15, -0.1) is 0 Å². The van der Waals surface area contributed by atoms with Gasteiger partial charge in [0.25, 0.3) is 5.91 Å². The van der Waals surface area contributed by atoms with Crippen LogP contribution in [0.2, 0.25) is 0 Å². The molecule has 1 N–H and O–H groups in total. The summed E-state index contributed by atoms with van der Waals surface area (Å²) >= 11 is 3.41. The lowest BCUT2D eigenvalue weighted by molar-refractivity contribution is -0.0826. The molecule has 0 spiro atoms. The molecule has 1 aliphatic rings. The van der Waals surface area contributed by atoms with Crippen molar-refractivity contribution < 1.29 is 9.90 Å². The van der Waals surface area contributed by atoms with E-state index in [1.54, 1.807) is 4.90 Å². The predicted octanol–water partition coefficient (Wildman–Crippen LogP) is 2.35. The van der Waals surface area contributed by atoms with Gasteiger partial charge in [-0.05, 0) is 37.1 Å². The van der Waals surface area contributed by atoms with Crippen LogP contribution in [0, 0.1) is 6.92 Å². The maximum Gasteiger partial charge on any atom is 0.254 e. The second-order valence-electron chi connectivity index (χ2n) is 4.70. The number of aryl methyl sites for hydroxylation is 1. The molecule has 4 heteroatoms. The number of benzene rings is 1. The molecule has 0 aromatic heterocycles. The first-order valence-corrected chi connectivity index (χ1v) is 6.52. The molecule has 2 rings (SSSR count). The van der Waals surface area contributed by atoms with Gasteiger partial charge in [-0.3, -0.25) is 4.79 Å². The van der Waals surface area contributed by atoms with Crippen LogP contribution >= 0.6 is 15.9 Å². The third-order valence-corrected chi connectivity index (χ3v) is 4.21. The van der Waals surface area contributed by atoms with Crippen molar-refractivity contribution in [1.82, 2.24) is 4.90 Å². The number of carbonyl (C=O) groups excluding carboxylic acids is 1. The highest BCUT2D eigenvalue weighted by Gasteiger charge is 2.42. The van der Waals surface area contributed by atoms with Crippen LogP contribution in [0.1, 0.15) is 29.3 Å². The summed E-state index contributed by atoms with van der Waals surface area (Å²) in [5, 5.41) is 9.88. The molecule has 3 nitrogen and oxygen atoms in total. The summed E-state index contributed by atoms with van der Waals surface area (Å²) in [5.41, 5.74) is 1.06. The molecule has 1 heterocycles. The van der Waals surface area contributed by atoms with Gasteiger partial charge in [0.2, 0.25) is 0 Å². The van der Waals surface area contributed by atoms with Gasteiger partial charge in [-0.25, -0.2) is 0 Å². The minimum absolute atomic E-state index is 0.00118. The zero-order valence-corrected chi connectivity index (χ0v) is 11.6. The molecule has 1 aromatic carbocycles. The Kier molecular flexibility index (Phi) is 3.27. The highest BCUT2D eigenvalue weighted by atomic mass is 79.9. The fourth-order valence-electron chi connectivity index (χ4n) is 1.99. The number of hydrogen-bond acceptors (Lipinski definition) is 2. The van der Waals surface area contributed by atoms with E-state index in [2.05, 4.69) is 15.9 Å². The standard InChI is InChI=1S/C13H16BrNO2/c1-3-13(17)7-15(8-13)12(16)10-4-5-11(14)9(2)6-10/h4-6,17H,3,7-8H2,1-2H3. The van der Waals surface area contributed by atoms with Crippen LogP contribution in [0.4, 0.5) is 0 Å². The zero-order chi connectivity index (χ0) is 12.6. The highest BCUT2D eigenvalue weighted by Crippen LogP contribution is 2.26. The van der Waals surface area contributed by atoms with Crippen LogP contribution in [-0.2, 0) is 0 Å². The summed E-state index contributed by atoms with van der Waals surface area (Å²) in [5.74, 6) is -0.00118. The first-order valence-electron chi connectivity index (χ1n) is 5.73. The van der Waals surface area contributed by atoms with E-state index in [-0.39, 0.29) is 5.91 Å². The second-order valence-corrected chi connectivity index (χ2v) is 5.56. The van der Waals surface area contributed by atoms with Crippen LogP contribution in [0.3, 0.4) is 0 Å². The Hall–Kier alpha value is -0.870. The Morgan fingerprint density at radius 2 is 2.18 bits per heavy atom. The summed E-state index contributed by atoms with van der Waals surface area (Å²) in [4.78, 5) is 13.8. The number of carbonyl (C=O) groups is 1. The van der Waals surface area contributed by atoms with E-state index < -0.39 is 5.60 Å². The molecule has 1 aliphatic heterocycles. The molecule has 1 amide bonds. The quantitative estimate of drug-likeness (QED) is 0.910. The van der Waals surface area contributed by atoms with Crippen molar-refractivity contribution in [2.45, 2.75) is 25.9 Å². The van der Waals surface area contributed by atoms with Gasteiger partial charge in [0.1, 0.15) is 0 Å². The van der Waals surface area contributed by atoms with Crippen LogP contribution < -0.4 is 0 Å². The molecule has 0 radical (unpaired) electrons. The van der Waals surface area contributed by atoms with E-state index in [9.17, 15) is 9.90 Å². The lowest BCUT2D eigenvalue weighted by atomic mass is 9.90. The molecule has 0 atom stereocenters. The van der Waals surface area contributed by atoms with E-state index in [1.807, 2.05) is 32.0 Å². The molecular weight excluding hydrogens is 282 g/mol. The number of rotatable bonds is 2. The van der Waals surface area contributed by atoms with Crippen molar-refractivity contribution in [2.24, 2.45) is 0 Å². The molecule has 1 aromatic rings. The second kappa shape index (κ2) is 4.42. The van der Waals surface area contributed by atoms with Gasteiger partial charge in [-0.1, -0.05) is 22.9 Å². The van der Waals surface area contributed by atoms with Crippen molar-refractivity contribution in [2.75, 3.05) is 13.1 Å². The third kappa shape index (κ3) is 2.38. The number of halogens is 1. The van der Waals surface area contributed by atoms with Crippen molar-refractivity contribution >= 4 is 21.8 Å². The zero-order valence-electron chi connectivity index (χ0n) is 10.0. The topological polar surface area (TPSA) is 40.5 Å². The molecule has 0 unspecified atom stereocenters. The Labute approximate surface area is 110 Å². The van der Waals surface area contributed by atoms with Crippen molar-refractivity contribution in [3.8, 4) is 0 Å². The number of hydrogen-bond donors (Lipinski definition) is 1. The summed E-state index contributed by atoms with van der Waals surface area (Å²) < 4.78 is 1.00. The minimum Gasteiger partial charge on any atom is -0.386 e. The molecular formula is C13H16BrNO2. The molecule has 1 fully saturated rings. The fourth-order valence-corrected chi connectivity index (χ4v) is 2.24. The molecule has 0 aliphatic carbocycles. The average molecular weight is 298 g/mol. The van der Waals surface area contributed by atoms with E-state index >= 15 is 0 Å². The minimum atomic E-state index is -0.667. The largest absolute Gasteiger partial charge is 0.386 e. The first kappa shape index (κ1) is 12.6. The van der Waals surface area contributed by atoms with Gasteiger partial charge in [0.05, 0.1) is 18.7 Å². The SMILES string of the molecule is CCC1(O)CN(C(=O)c2ccc(Br)c(C)c2)C1. The number of amides is 1. The molecule has 17 heavy (non-hydrogen) atoms. The normalized spacial score (nSPS) is 17.8. The Balaban J connectivity index is 2.09. The highest BCUT2D eigenvalue weighted by molar-refractivity contribution is 9.10. The lowest BCUT2D eigenvalue weighted by Gasteiger charge is -2.46. The fraction of sp³-hybridized carbons (Fsp3) is 0.462. The maximum atomic E-state index is 12.1. The van der Waals surface area contributed by atoms with Crippen LogP contribution in [0.5, 0.6) is 0 Å². The number of likely N-dealkylation sites (tertiary alicyclic amines) is 1. The monoisotopic (exact) mass is 297 g/mol. The maximum absolute atomic E-state index is 12.1. The van der Waals surface area contributed by atoms with Gasteiger partial charge < -0.3 is 10.0 Å². The smallest absolute Gasteiger partial charge is 0.254 e. The molecule has 0 saturated carbocycles. The Bertz CT molecular complexity index is 453. The summed E-state index contributed by atoms with van der Waals surface area (Å²) in [6.45, 7) is 4.78. The van der Waals surface area contributed by atoms with Crippen LogP contribution in [-0.4, -0.2) is 34.6 Å². The average Bonchev–Trinajstić information content (AvgIpc) is 2.27. The van der Waals surface area contributed by atoms with E-state index in [1.165, 1.54) is 0 Å². The van der Waals surface area contributed by atoms with E-state index in [0.717, 1.165) is 10.0 Å². The van der Waals surface area contributed by atoms with Crippen molar-refractivity contribution in [1.29, 1.82) is 0 Å². The first-order chi connectivity index (χ1) is 7.95. The number of nitrogens with zero attached hydrogens (tertiary/aromatic N) is 1. The number of aliphatic hydroxyl groups is 1. The van der Waals surface area contributed by atoms with E-state index in [0.29, 0.717) is 25.1 Å². The van der Waals surface area contributed by atoms with Crippen molar-refractivity contribution in [3.05, 3.63) is 33.8 Å². The predicted molar refractivity (Wildman–Crippen MR) is 70.0 cm³/mol. The summed E-state index contributed by atoms with van der Waals surface area (Å²) in [6.07, 6.45) is 0.691. The third-order valence-electron chi connectivity index (χ3n) is 3.32.